The van der Waals surface area contributed by atoms with Crippen LogP contribution >= 0.6 is 0 Å². The lowest BCUT2D eigenvalue weighted by atomic mass is 10.2. The summed E-state index contributed by atoms with van der Waals surface area (Å²) in [4.78, 5) is 21.8. The van der Waals surface area contributed by atoms with E-state index in [1.165, 1.54) is 24.5 Å². The minimum absolute atomic E-state index is 0.0353. The van der Waals surface area contributed by atoms with Crippen LogP contribution in [0.4, 0.5) is 5.69 Å². The van der Waals surface area contributed by atoms with Crippen LogP contribution in [-0.2, 0) is 6.61 Å². The maximum absolute atomic E-state index is 11.5. The van der Waals surface area contributed by atoms with Gasteiger partial charge in [0.15, 0.2) is 5.76 Å². The Balaban J connectivity index is 2.18. The number of furan rings is 1. The number of carbonyl (C=O) groups excluding carboxylic acids is 1. The fourth-order valence-corrected chi connectivity index (χ4v) is 1.83. The number of amides is 1. The Kier molecular flexibility index (Phi) is 4.19. The van der Waals surface area contributed by atoms with E-state index in [2.05, 4.69) is 0 Å². The molecule has 8 nitrogen and oxygen atoms in total. The first-order valence-electron chi connectivity index (χ1n) is 5.98. The number of hydrazine groups is 1. The van der Waals surface area contributed by atoms with E-state index in [-0.39, 0.29) is 23.6 Å². The van der Waals surface area contributed by atoms with Gasteiger partial charge in [-0.3, -0.25) is 20.3 Å². The van der Waals surface area contributed by atoms with Crippen molar-refractivity contribution in [2.24, 2.45) is 5.84 Å². The number of rotatable bonds is 5. The summed E-state index contributed by atoms with van der Waals surface area (Å²) < 4.78 is 10.6. The molecule has 0 aliphatic rings. The van der Waals surface area contributed by atoms with E-state index in [0.717, 1.165) is 0 Å². The molecular formula is C13H13N3O5. The Morgan fingerprint density at radius 1 is 1.48 bits per heavy atom. The van der Waals surface area contributed by atoms with Gasteiger partial charge in [0, 0.05) is 6.07 Å². The molecule has 0 bridgehead atoms. The van der Waals surface area contributed by atoms with Gasteiger partial charge in [-0.25, -0.2) is 5.84 Å². The van der Waals surface area contributed by atoms with Crippen LogP contribution in [-0.4, -0.2) is 10.8 Å². The van der Waals surface area contributed by atoms with Gasteiger partial charge in [0.05, 0.1) is 22.3 Å². The van der Waals surface area contributed by atoms with Gasteiger partial charge in [-0.1, -0.05) is 6.07 Å². The number of hydrogen-bond donors (Lipinski definition) is 2. The average Bonchev–Trinajstić information content (AvgIpc) is 2.93. The van der Waals surface area contributed by atoms with Gasteiger partial charge >= 0.3 is 0 Å². The lowest BCUT2D eigenvalue weighted by molar-refractivity contribution is -0.385. The summed E-state index contributed by atoms with van der Waals surface area (Å²) in [5.41, 5.74) is 2.61. The molecule has 0 saturated carbocycles. The molecule has 110 valence electrons. The van der Waals surface area contributed by atoms with Crippen molar-refractivity contribution in [3.05, 3.63) is 57.5 Å². The van der Waals surface area contributed by atoms with Gasteiger partial charge in [-0.05, 0) is 19.1 Å². The minimum Gasteiger partial charge on any atom is -0.485 e. The molecule has 0 aliphatic carbocycles. The summed E-state index contributed by atoms with van der Waals surface area (Å²) in [6.07, 6.45) is 1.34. The summed E-state index contributed by atoms with van der Waals surface area (Å²) in [5.74, 6) is 5.19. The summed E-state index contributed by atoms with van der Waals surface area (Å²) in [5, 5.41) is 10.9. The molecule has 0 radical (unpaired) electrons. The first kappa shape index (κ1) is 14.5. The quantitative estimate of drug-likeness (QED) is 0.374. The molecule has 3 N–H and O–H groups in total. The van der Waals surface area contributed by atoms with Gasteiger partial charge < -0.3 is 9.15 Å². The highest BCUT2D eigenvalue weighted by Crippen LogP contribution is 2.28. The van der Waals surface area contributed by atoms with Crippen LogP contribution in [0.2, 0.25) is 0 Å². The normalized spacial score (nSPS) is 10.2. The van der Waals surface area contributed by atoms with Crippen molar-refractivity contribution in [3.8, 4) is 5.75 Å². The van der Waals surface area contributed by atoms with Gasteiger partial charge in [0.2, 0.25) is 0 Å². The maximum Gasteiger partial charge on any atom is 0.276 e. The standard InChI is InChI=1S/C13H13N3O5/c1-8-10(16(18)19)3-2-4-11(8)21-7-12-9(5-6-20-12)13(17)15-14/h2-6H,7,14H2,1H3,(H,15,17). The van der Waals surface area contributed by atoms with Crippen LogP contribution in [0.5, 0.6) is 5.75 Å². The third-order valence-electron chi connectivity index (χ3n) is 2.93. The van der Waals surface area contributed by atoms with Crippen molar-refractivity contribution in [2.45, 2.75) is 13.5 Å². The predicted octanol–water partition coefficient (Wildman–Crippen LogP) is 1.68. The Labute approximate surface area is 119 Å². The maximum atomic E-state index is 11.5. The molecule has 1 aromatic carbocycles. The van der Waals surface area contributed by atoms with Gasteiger partial charge in [-0.15, -0.1) is 0 Å². The molecule has 2 aromatic rings. The molecule has 1 heterocycles. The van der Waals surface area contributed by atoms with Gasteiger partial charge in [-0.2, -0.15) is 0 Å². The topological polar surface area (TPSA) is 121 Å². The molecule has 21 heavy (non-hydrogen) atoms. The van der Waals surface area contributed by atoms with Crippen LogP contribution < -0.4 is 16.0 Å². The van der Waals surface area contributed by atoms with Gasteiger partial charge in [0.25, 0.3) is 11.6 Å². The van der Waals surface area contributed by atoms with E-state index >= 15 is 0 Å². The van der Waals surface area contributed by atoms with Crippen LogP contribution in [0.25, 0.3) is 0 Å². The molecule has 2 rings (SSSR count). The van der Waals surface area contributed by atoms with Crippen molar-refractivity contribution < 1.29 is 18.9 Å². The number of nitro benzene ring substituents is 1. The molecule has 0 spiro atoms. The molecule has 0 aliphatic heterocycles. The highest BCUT2D eigenvalue weighted by atomic mass is 16.6. The van der Waals surface area contributed by atoms with E-state index in [1.807, 2.05) is 5.43 Å². The minimum atomic E-state index is -0.502. The monoisotopic (exact) mass is 291 g/mol. The lowest BCUT2D eigenvalue weighted by Gasteiger charge is -2.08. The third-order valence-corrected chi connectivity index (χ3v) is 2.93. The zero-order valence-electron chi connectivity index (χ0n) is 11.2. The van der Waals surface area contributed by atoms with E-state index in [9.17, 15) is 14.9 Å². The molecule has 1 aromatic heterocycles. The molecule has 1 amide bonds. The number of nitro groups is 1. The van der Waals surface area contributed by atoms with Crippen LogP contribution in [0.3, 0.4) is 0 Å². The number of nitrogens with two attached hydrogens (primary N) is 1. The Morgan fingerprint density at radius 3 is 2.90 bits per heavy atom. The van der Waals surface area contributed by atoms with Crippen molar-refractivity contribution in [1.29, 1.82) is 0 Å². The summed E-state index contributed by atoms with van der Waals surface area (Å²) in [6, 6.07) is 5.98. The Morgan fingerprint density at radius 2 is 2.24 bits per heavy atom. The van der Waals surface area contributed by atoms with E-state index in [1.54, 1.807) is 13.0 Å². The molecule has 8 heteroatoms. The molecule has 0 saturated heterocycles. The summed E-state index contributed by atoms with van der Waals surface area (Å²) >= 11 is 0. The van der Waals surface area contributed by atoms with Crippen LogP contribution in [0.1, 0.15) is 21.7 Å². The second kappa shape index (κ2) is 6.06. The number of ether oxygens (including phenoxy) is 1. The highest BCUT2D eigenvalue weighted by molar-refractivity contribution is 5.94. The van der Waals surface area contributed by atoms with Crippen molar-refractivity contribution in [3.63, 3.8) is 0 Å². The predicted molar refractivity (Wildman–Crippen MR) is 72.5 cm³/mol. The highest BCUT2D eigenvalue weighted by Gasteiger charge is 2.17. The van der Waals surface area contributed by atoms with Crippen molar-refractivity contribution >= 4 is 11.6 Å². The van der Waals surface area contributed by atoms with Crippen molar-refractivity contribution in [1.82, 2.24) is 5.43 Å². The smallest absolute Gasteiger partial charge is 0.276 e. The Bertz CT molecular complexity index is 680. The zero-order valence-corrected chi connectivity index (χ0v) is 11.2. The largest absolute Gasteiger partial charge is 0.485 e. The van der Waals surface area contributed by atoms with E-state index < -0.39 is 10.8 Å². The van der Waals surface area contributed by atoms with Crippen LogP contribution in [0.15, 0.2) is 34.9 Å². The van der Waals surface area contributed by atoms with Crippen LogP contribution in [0, 0.1) is 17.0 Å². The first-order valence-corrected chi connectivity index (χ1v) is 5.98. The second-order valence-corrected chi connectivity index (χ2v) is 4.18. The fraction of sp³-hybridized carbons (Fsp3) is 0.154. The Hall–Kier alpha value is -2.87. The number of nitrogen functional groups attached to an aromatic ring is 1. The second-order valence-electron chi connectivity index (χ2n) is 4.18. The summed E-state index contributed by atoms with van der Waals surface area (Å²) in [6.45, 7) is 1.54. The summed E-state index contributed by atoms with van der Waals surface area (Å²) in [7, 11) is 0. The molecule has 0 fully saturated rings. The van der Waals surface area contributed by atoms with E-state index in [4.69, 9.17) is 15.0 Å². The number of benzene rings is 1. The number of nitrogens with zero attached hydrogens (tertiary/aromatic N) is 1. The van der Waals surface area contributed by atoms with Crippen molar-refractivity contribution in [2.75, 3.05) is 0 Å². The first-order chi connectivity index (χ1) is 10.0. The molecule has 0 unspecified atom stereocenters. The van der Waals surface area contributed by atoms with E-state index in [0.29, 0.717) is 11.3 Å². The van der Waals surface area contributed by atoms with Gasteiger partial charge in [0.1, 0.15) is 12.4 Å². The third kappa shape index (κ3) is 3.00. The number of carbonyl (C=O) groups is 1. The lowest BCUT2D eigenvalue weighted by Crippen LogP contribution is -2.30. The fourth-order valence-electron chi connectivity index (χ4n) is 1.83. The number of hydrogen-bond acceptors (Lipinski definition) is 6. The SMILES string of the molecule is Cc1c(OCc2occc2C(=O)NN)cccc1[N+](=O)[O-]. The zero-order chi connectivity index (χ0) is 15.4. The molecular weight excluding hydrogens is 278 g/mol. The number of nitrogens with one attached hydrogen (secondary N) is 1. The average molecular weight is 291 g/mol. The molecule has 0 atom stereocenters.